The lowest BCUT2D eigenvalue weighted by atomic mass is 9.75. The number of hydrogen-bond acceptors (Lipinski definition) is 3. The number of hydrogen-bond donors (Lipinski definition) is 1. The van der Waals surface area contributed by atoms with Crippen molar-refractivity contribution >= 4 is 0 Å². The van der Waals surface area contributed by atoms with Gasteiger partial charge >= 0.3 is 0 Å². The fourth-order valence-corrected chi connectivity index (χ4v) is 2.82. The number of methoxy groups -OCH3 is 1. The molecule has 1 atom stereocenters. The minimum Gasteiger partial charge on any atom is -0.378 e. The van der Waals surface area contributed by atoms with Crippen LogP contribution in [0.4, 0.5) is 0 Å². The Bertz CT molecular complexity index is 343. The normalized spacial score (nSPS) is 19.2. The molecule has 1 N–H and O–H groups in total. The van der Waals surface area contributed by atoms with Gasteiger partial charge in [0, 0.05) is 25.5 Å². The molecular weight excluding hydrogens is 224 g/mol. The lowest BCUT2D eigenvalue weighted by Gasteiger charge is -2.43. The minimum atomic E-state index is 0.134. The van der Waals surface area contributed by atoms with E-state index >= 15 is 0 Å². The van der Waals surface area contributed by atoms with E-state index in [1.807, 2.05) is 25.6 Å². The molecule has 1 heterocycles. The maximum atomic E-state index is 5.73. The molecule has 1 fully saturated rings. The molecule has 18 heavy (non-hydrogen) atoms. The van der Waals surface area contributed by atoms with Crippen LogP contribution in [0.15, 0.2) is 24.5 Å². The van der Waals surface area contributed by atoms with Crippen LogP contribution in [0.25, 0.3) is 0 Å². The van der Waals surface area contributed by atoms with Gasteiger partial charge in [-0.1, -0.05) is 13.0 Å². The zero-order valence-electron chi connectivity index (χ0n) is 11.5. The molecule has 1 unspecified atom stereocenters. The van der Waals surface area contributed by atoms with Crippen molar-refractivity contribution in [3.63, 3.8) is 0 Å². The van der Waals surface area contributed by atoms with Crippen molar-refractivity contribution in [2.75, 3.05) is 13.7 Å². The van der Waals surface area contributed by atoms with Crippen LogP contribution >= 0.6 is 0 Å². The quantitative estimate of drug-likeness (QED) is 0.805. The van der Waals surface area contributed by atoms with Crippen molar-refractivity contribution in [2.45, 2.75) is 50.7 Å². The van der Waals surface area contributed by atoms with Crippen molar-refractivity contribution < 1.29 is 4.74 Å². The summed E-state index contributed by atoms with van der Waals surface area (Å²) in [5, 5.41) is 3.58. The first kappa shape index (κ1) is 13.5. The summed E-state index contributed by atoms with van der Waals surface area (Å²) in [6.45, 7) is 3.17. The first-order valence-electron chi connectivity index (χ1n) is 6.95. The van der Waals surface area contributed by atoms with Crippen LogP contribution in [0.3, 0.4) is 0 Å². The number of ether oxygens (including phenoxy) is 1. The molecule has 0 spiro atoms. The lowest BCUT2D eigenvalue weighted by molar-refractivity contribution is -0.0833. The van der Waals surface area contributed by atoms with Gasteiger partial charge in [0.25, 0.3) is 0 Å². The maximum Gasteiger partial charge on any atom is 0.0693 e. The van der Waals surface area contributed by atoms with E-state index in [4.69, 9.17) is 4.74 Å². The van der Waals surface area contributed by atoms with Gasteiger partial charge < -0.3 is 10.1 Å². The summed E-state index contributed by atoms with van der Waals surface area (Å²) in [6.07, 6.45) is 9.65. The summed E-state index contributed by atoms with van der Waals surface area (Å²) in [6, 6.07) is 4.64. The van der Waals surface area contributed by atoms with Crippen molar-refractivity contribution in [3.8, 4) is 0 Å². The molecule has 1 aliphatic carbocycles. The number of aromatic nitrogens is 1. The third-order valence-electron chi connectivity index (χ3n) is 4.01. The van der Waals surface area contributed by atoms with Gasteiger partial charge in [-0.2, -0.15) is 0 Å². The molecule has 0 saturated heterocycles. The number of likely N-dealkylation sites (N-methyl/N-ethyl adjacent to an activating group) is 1. The van der Waals surface area contributed by atoms with Crippen LogP contribution in [0, 0.1) is 0 Å². The molecule has 0 aromatic carbocycles. The molecule has 0 bridgehead atoms. The Morgan fingerprint density at radius 2 is 2.33 bits per heavy atom. The fraction of sp³-hybridized carbons (Fsp3) is 0.667. The van der Waals surface area contributed by atoms with E-state index in [0.717, 1.165) is 19.4 Å². The maximum absolute atomic E-state index is 5.73. The number of nitrogens with zero attached hydrogens (tertiary/aromatic N) is 1. The second-order valence-corrected chi connectivity index (χ2v) is 5.26. The summed E-state index contributed by atoms with van der Waals surface area (Å²) in [5.74, 6) is 0. The van der Waals surface area contributed by atoms with Gasteiger partial charge in [-0.3, -0.25) is 4.98 Å². The molecule has 1 aromatic heterocycles. The van der Waals surface area contributed by atoms with Crippen molar-refractivity contribution in [2.24, 2.45) is 0 Å². The van der Waals surface area contributed by atoms with Gasteiger partial charge in [-0.15, -0.1) is 0 Å². The third-order valence-corrected chi connectivity index (χ3v) is 4.01. The molecule has 1 aromatic rings. The average Bonchev–Trinajstić information content (AvgIpc) is 2.35. The zero-order chi connectivity index (χ0) is 12.8. The first-order chi connectivity index (χ1) is 8.78. The SMILES string of the molecule is CCNC(Cc1cccnc1)CC1(OC)CCC1. The highest BCUT2D eigenvalue weighted by Gasteiger charge is 2.38. The minimum absolute atomic E-state index is 0.134. The Kier molecular flexibility index (Phi) is 4.72. The van der Waals surface area contributed by atoms with Crippen LogP contribution in [-0.2, 0) is 11.2 Å². The lowest BCUT2D eigenvalue weighted by Crippen LogP contribution is -2.46. The van der Waals surface area contributed by atoms with E-state index in [1.54, 1.807) is 0 Å². The Labute approximate surface area is 110 Å². The predicted molar refractivity (Wildman–Crippen MR) is 73.6 cm³/mol. The van der Waals surface area contributed by atoms with Gasteiger partial charge in [-0.05, 0) is 50.3 Å². The summed E-state index contributed by atoms with van der Waals surface area (Å²) < 4.78 is 5.73. The van der Waals surface area contributed by atoms with Gasteiger partial charge in [0.15, 0.2) is 0 Å². The van der Waals surface area contributed by atoms with E-state index in [0.29, 0.717) is 6.04 Å². The van der Waals surface area contributed by atoms with E-state index < -0.39 is 0 Å². The van der Waals surface area contributed by atoms with Crippen LogP contribution in [0.2, 0.25) is 0 Å². The molecule has 3 nitrogen and oxygen atoms in total. The Balaban J connectivity index is 1.95. The molecule has 0 radical (unpaired) electrons. The van der Waals surface area contributed by atoms with Crippen molar-refractivity contribution in [3.05, 3.63) is 30.1 Å². The van der Waals surface area contributed by atoms with Crippen molar-refractivity contribution in [1.29, 1.82) is 0 Å². The number of rotatable bonds is 7. The van der Waals surface area contributed by atoms with Crippen LogP contribution in [0.5, 0.6) is 0 Å². The molecule has 2 rings (SSSR count). The van der Waals surface area contributed by atoms with Gasteiger partial charge in [0.2, 0.25) is 0 Å². The highest BCUT2D eigenvalue weighted by atomic mass is 16.5. The highest BCUT2D eigenvalue weighted by Crippen LogP contribution is 2.39. The Morgan fingerprint density at radius 3 is 2.83 bits per heavy atom. The van der Waals surface area contributed by atoms with Gasteiger partial charge in [0.05, 0.1) is 5.60 Å². The first-order valence-corrected chi connectivity index (χ1v) is 6.95. The van der Waals surface area contributed by atoms with Crippen LogP contribution < -0.4 is 5.32 Å². The van der Waals surface area contributed by atoms with E-state index in [1.165, 1.54) is 24.8 Å². The summed E-state index contributed by atoms with van der Waals surface area (Å²) >= 11 is 0. The van der Waals surface area contributed by atoms with Gasteiger partial charge in [-0.25, -0.2) is 0 Å². The van der Waals surface area contributed by atoms with Crippen LogP contribution in [-0.4, -0.2) is 30.3 Å². The highest BCUT2D eigenvalue weighted by molar-refractivity contribution is 5.11. The second-order valence-electron chi connectivity index (χ2n) is 5.26. The zero-order valence-corrected chi connectivity index (χ0v) is 11.5. The van der Waals surface area contributed by atoms with E-state index in [9.17, 15) is 0 Å². The van der Waals surface area contributed by atoms with E-state index in [-0.39, 0.29) is 5.60 Å². The summed E-state index contributed by atoms with van der Waals surface area (Å²) in [4.78, 5) is 4.19. The Morgan fingerprint density at radius 1 is 1.50 bits per heavy atom. The van der Waals surface area contributed by atoms with Gasteiger partial charge in [0.1, 0.15) is 0 Å². The van der Waals surface area contributed by atoms with E-state index in [2.05, 4.69) is 23.3 Å². The molecule has 0 amide bonds. The van der Waals surface area contributed by atoms with Crippen molar-refractivity contribution in [1.82, 2.24) is 10.3 Å². The smallest absolute Gasteiger partial charge is 0.0693 e. The number of pyridine rings is 1. The molecule has 3 heteroatoms. The number of nitrogens with one attached hydrogen (secondary N) is 1. The monoisotopic (exact) mass is 248 g/mol. The molecular formula is C15H24N2O. The second kappa shape index (κ2) is 6.30. The largest absolute Gasteiger partial charge is 0.378 e. The summed E-state index contributed by atoms with van der Waals surface area (Å²) in [7, 11) is 1.85. The summed E-state index contributed by atoms with van der Waals surface area (Å²) in [5.41, 5.74) is 1.43. The molecule has 1 aliphatic rings. The fourth-order valence-electron chi connectivity index (χ4n) is 2.82. The third kappa shape index (κ3) is 3.30. The molecule has 1 saturated carbocycles. The standard InChI is InChI=1S/C15H24N2O/c1-3-17-14(10-13-6-4-9-16-12-13)11-15(18-2)7-5-8-15/h4,6,9,12,14,17H,3,5,7-8,10-11H2,1-2H3. The molecule has 0 aliphatic heterocycles. The molecule has 100 valence electrons. The average molecular weight is 248 g/mol. The Hall–Kier alpha value is -0.930. The topological polar surface area (TPSA) is 34.2 Å². The predicted octanol–water partition coefficient (Wildman–Crippen LogP) is 2.56. The van der Waals surface area contributed by atoms with Crippen LogP contribution in [0.1, 0.15) is 38.2 Å².